The maximum atomic E-state index is 13.0. The molecule has 12 heteroatoms. The number of hydrogen-bond acceptors (Lipinski definition) is 11. The second-order valence-corrected chi connectivity index (χ2v) is 18.2. The molecule has 0 aromatic rings. The minimum atomic E-state index is -1.89. The van der Waals surface area contributed by atoms with Crippen LogP contribution in [0.1, 0.15) is 252 Å². The molecule has 1 aliphatic heterocycles. The topological polar surface area (TPSA) is 175 Å². The maximum absolute atomic E-state index is 13.0. The minimum absolute atomic E-state index is 0.0698. The van der Waals surface area contributed by atoms with Gasteiger partial charge >= 0.3 is 23.9 Å². The molecule has 63 heavy (non-hydrogen) atoms. The van der Waals surface area contributed by atoms with Crippen molar-refractivity contribution in [3.05, 3.63) is 0 Å². The standard InChI is InChI=1S/C51H94O12/c1-4-7-10-13-16-19-21-22-24-27-30-33-36-39-45(54)62-49-47(56)46(55)48(50(57)58)63-51(49)60-41-42(61-44(53)38-35-32-29-25-18-15-12-9-6-3)40-59-43(52)37-34-31-28-26-23-20-17-14-11-8-5-2/h42,46-49,51,55-56H,4-41H2,1-3H3,(H,57,58). The fourth-order valence-electron chi connectivity index (χ4n) is 8.13. The van der Waals surface area contributed by atoms with Gasteiger partial charge in [0.15, 0.2) is 24.6 Å². The van der Waals surface area contributed by atoms with Gasteiger partial charge < -0.3 is 39.0 Å². The number of aliphatic hydroxyl groups is 2. The molecule has 370 valence electrons. The molecule has 0 aliphatic carbocycles. The highest BCUT2D eigenvalue weighted by atomic mass is 16.7. The average Bonchev–Trinajstić information content (AvgIpc) is 3.26. The number of aliphatic carboxylic acids is 1. The molecule has 12 nitrogen and oxygen atoms in total. The van der Waals surface area contributed by atoms with Crippen LogP contribution < -0.4 is 0 Å². The molecule has 0 spiro atoms. The van der Waals surface area contributed by atoms with Gasteiger partial charge in [0, 0.05) is 19.3 Å². The number of hydrogen-bond donors (Lipinski definition) is 3. The van der Waals surface area contributed by atoms with Crippen LogP contribution in [0.2, 0.25) is 0 Å². The summed E-state index contributed by atoms with van der Waals surface area (Å²) in [4.78, 5) is 50.6. The molecule has 1 rings (SSSR count). The Hall–Kier alpha value is -2.28. The van der Waals surface area contributed by atoms with Crippen molar-refractivity contribution in [1.82, 2.24) is 0 Å². The van der Waals surface area contributed by atoms with E-state index in [0.29, 0.717) is 19.3 Å². The lowest BCUT2D eigenvalue weighted by molar-refractivity contribution is -0.301. The maximum Gasteiger partial charge on any atom is 0.335 e. The summed E-state index contributed by atoms with van der Waals surface area (Å²) >= 11 is 0. The molecule has 1 heterocycles. The molecule has 0 saturated carbocycles. The van der Waals surface area contributed by atoms with Crippen molar-refractivity contribution in [2.75, 3.05) is 13.2 Å². The smallest absolute Gasteiger partial charge is 0.335 e. The summed E-state index contributed by atoms with van der Waals surface area (Å²) in [5.74, 6) is -3.09. The van der Waals surface area contributed by atoms with Gasteiger partial charge in [-0.2, -0.15) is 0 Å². The third kappa shape index (κ3) is 32.1. The highest BCUT2D eigenvalue weighted by Crippen LogP contribution is 2.26. The Morgan fingerprint density at radius 3 is 1.19 bits per heavy atom. The number of rotatable bonds is 44. The number of aliphatic hydroxyl groups excluding tert-OH is 2. The van der Waals surface area contributed by atoms with Gasteiger partial charge in [-0.3, -0.25) is 14.4 Å². The number of carbonyl (C=O) groups excluding carboxylic acids is 3. The third-order valence-electron chi connectivity index (χ3n) is 12.2. The molecule has 0 amide bonds. The van der Waals surface area contributed by atoms with E-state index in [1.54, 1.807) is 0 Å². The predicted octanol–water partition coefficient (Wildman–Crippen LogP) is 12.0. The number of ether oxygens (including phenoxy) is 5. The van der Waals surface area contributed by atoms with E-state index >= 15 is 0 Å². The molecule has 0 radical (unpaired) electrons. The lowest BCUT2D eigenvalue weighted by Crippen LogP contribution is -2.61. The second-order valence-electron chi connectivity index (χ2n) is 18.2. The van der Waals surface area contributed by atoms with Gasteiger partial charge in [0.05, 0.1) is 6.61 Å². The summed E-state index contributed by atoms with van der Waals surface area (Å²) in [5, 5.41) is 31.3. The Balaban J connectivity index is 2.71. The van der Waals surface area contributed by atoms with Gasteiger partial charge in [-0.15, -0.1) is 0 Å². The Bertz CT molecular complexity index is 1120. The van der Waals surface area contributed by atoms with Gasteiger partial charge in [0.25, 0.3) is 0 Å². The summed E-state index contributed by atoms with van der Waals surface area (Å²) < 4.78 is 28.2. The van der Waals surface area contributed by atoms with Crippen LogP contribution in [0.4, 0.5) is 0 Å². The minimum Gasteiger partial charge on any atom is -0.479 e. The molecule has 1 saturated heterocycles. The lowest BCUT2D eigenvalue weighted by Gasteiger charge is -2.40. The van der Waals surface area contributed by atoms with Gasteiger partial charge in [0.2, 0.25) is 0 Å². The van der Waals surface area contributed by atoms with Gasteiger partial charge in [-0.1, -0.05) is 213 Å². The predicted molar refractivity (Wildman–Crippen MR) is 248 cm³/mol. The molecule has 3 N–H and O–H groups in total. The Morgan fingerprint density at radius 2 is 0.810 bits per heavy atom. The van der Waals surface area contributed by atoms with E-state index in [0.717, 1.165) is 57.8 Å². The first-order chi connectivity index (χ1) is 30.6. The van der Waals surface area contributed by atoms with Crippen molar-refractivity contribution < 1.29 is 58.2 Å². The van der Waals surface area contributed by atoms with Crippen LogP contribution in [0.5, 0.6) is 0 Å². The summed E-state index contributed by atoms with van der Waals surface area (Å²) in [6.45, 7) is 5.95. The van der Waals surface area contributed by atoms with Gasteiger partial charge in [0.1, 0.15) is 18.8 Å². The van der Waals surface area contributed by atoms with Crippen molar-refractivity contribution in [3.63, 3.8) is 0 Å². The van der Waals surface area contributed by atoms with Crippen molar-refractivity contribution in [3.8, 4) is 0 Å². The lowest BCUT2D eigenvalue weighted by atomic mass is 9.98. The van der Waals surface area contributed by atoms with Crippen LogP contribution in [0, 0.1) is 0 Å². The number of carboxylic acid groups (broad SMARTS) is 1. The van der Waals surface area contributed by atoms with Gasteiger partial charge in [-0.25, -0.2) is 4.79 Å². The van der Waals surface area contributed by atoms with Crippen LogP contribution in [0.15, 0.2) is 0 Å². The van der Waals surface area contributed by atoms with E-state index in [9.17, 15) is 34.5 Å². The summed E-state index contributed by atoms with van der Waals surface area (Å²) in [5.41, 5.74) is 0. The number of carboxylic acids is 1. The zero-order chi connectivity index (χ0) is 46.2. The molecule has 1 aliphatic rings. The van der Waals surface area contributed by atoms with E-state index in [1.165, 1.54) is 135 Å². The number of unbranched alkanes of at least 4 members (excludes halogenated alkanes) is 30. The fraction of sp³-hybridized carbons (Fsp3) is 0.922. The quantitative estimate of drug-likeness (QED) is 0.0300. The van der Waals surface area contributed by atoms with Crippen LogP contribution >= 0.6 is 0 Å². The Morgan fingerprint density at radius 1 is 0.460 bits per heavy atom. The van der Waals surface area contributed by atoms with Crippen LogP contribution in [0.25, 0.3) is 0 Å². The highest BCUT2D eigenvalue weighted by Gasteiger charge is 2.50. The molecule has 6 unspecified atom stereocenters. The van der Waals surface area contributed by atoms with E-state index in [1.807, 2.05) is 0 Å². The van der Waals surface area contributed by atoms with Gasteiger partial charge in [-0.05, 0) is 19.3 Å². The highest BCUT2D eigenvalue weighted by molar-refractivity contribution is 5.74. The molecule has 0 bridgehead atoms. The van der Waals surface area contributed by atoms with Crippen LogP contribution in [-0.2, 0) is 42.9 Å². The van der Waals surface area contributed by atoms with Crippen molar-refractivity contribution in [2.24, 2.45) is 0 Å². The van der Waals surface area contributed by atoms with Crippen LogP contribution in [0.3, 0.4) is 0 Å². The molecular formula is C51H94O12. The second kappa shape index (κ2) is 41.2. The third-order valence-corrected chi connectivity index (χ3v) is 12.2. The first kappa shape index (κ1) is 58.7. The molecular weight excluding hydrogens is 805 g/mol. The fourth-order valence-corrected chi connectivity index (χ4v) is 8.13. The van der Waals surface area contributed by atoms with Crippen molar-refractivity contribution in [1.29, 1.82) is 0 Å². The molecule has 6 atom stereocenters. The number of carbonyl (C=O) groups is 4. The summed E-state index contributed by atoms with van der Waals surface area (Å²) in [6, 6.07) is 0. The molecule has 0 aromatic heterocycles. The average molecular weight is 899 g/mol. The normalized spacial score (nSPS) is 19.2. The van der Waals surface area contributed by atoms with Crippen LogP contribution in [-0.4, -0.2) is 89.2 Å². The SMILES string of the molecule is CCCCCCCCCCCCCCCC(=O)OC1C(OCC(COC(=O)CCCCCCCCCCCCC)OC(=O)CCCCCCCCCCC)OC(C(=O)O)C(O)C1O. The molecule has 1 fully saturated rings. The number of esters is 3. The Kier molecular flexibility index (Phi) is 38.4. The summed E-state index contributed by atoms with van der Waals surface area (Å²) in [7, 11) is 0. The summed E-state index contributed by atoms with van der Waals surface area (Å²) in [6.07, 6.45) is 28.2. The van der Waals surface area contributed by atoms with Crippen molar-refractivity contribution in [2.45, 2.75) is 289 Å². The first-order valence-electron chi connectivity index (χ1n) is 26.0. The zero-order valence-electron chi connectivity index (χ0n) is 40.4. The monoisotopic (exact) mass is 899 g/mol. The van der Waals surface area contributed by atoms with E-state index < -0.39 is 67.3 Å². The van der Waals surface area contributed by atoms with E-state index in [2.05, 4.69) is 20.8 Å². The zero-order valence-corrected chi connectivity index (χ0v) is 40.4. The first-order valence-corrected chi connectivity index (χ1v) is 26.0. The largest absolute Gasteiger partial charge is 0.479 e. The van der Waals surface area contributed by atoms with Crippen molar-refractivity contribution >= 4 is 23.9 Å². The molecule has 0 aromatic carbocycles. The van der Waals surface area contributed by atoms with E-state index in [-0.39, 0.29) is 25.9 Å². The van der Waals surface area contributed by atoms with E-state index in [4.69, 9.17) is 23.7 Å². The Labute approximate surface area is 383 Å².